The van der Waals surface area contributed by atoms with E-state index < -0.39 is 0 Å². The van der Waals surface area contributed by atoms with Gasteiger partial charge >= 0.3 is 0 Å². The Morgan fingerprint density at radius 3 is 2.59 bits per heavy atom. The zero-order valence-electron chi connectivity index (χ0n) is 10.4. The van der Waals surface area contributed by atoms with Gasteiger partial charge in [-0.15, -0.1) is 0 Å². The molecule has 17 heavy (non-hydrogen) atoms. The van der Waals surface area contributed by atoms with E-state index in [-0.39, 0.29) is 17.2 Å². The molecule has 92 valence electrons. The number of hydrogen-bond donors (Lipinski definition) is 2. The van der Waals surface area contributed by atoms with Gasteiger partial charge in [0, 0.05) is 11.1 Å². The Hall–Kier alpha value is -1.51. The number of aromatic hydroxyl groups is 1. The first-order chi connectivity index (χ1) is 8.00. The van der Waals surface area contributed by atoms with Gasteiger partial charge in [-0.2, -0.15) is 0 Å². The average Bonchev–Trinajstić information content (AvgIpc) is 2.69. The summed E-state index contributed by atoms with van der Waals surface area (Å²) in [6, 6.07) is 4.96. The molecule has 1 aliphatic rings. The molecule has 1 aromatic carbocycles. The van der Waals surface area contributed by atoms with Gasteiger partial charge in [0.2, 0.25) is 0 Å². The third-order valence-electron chi connectivity index (χ3n) is 3.58. The third kappa shape index (κ3) is 2.60. The lowest BCUT2D eigenvalue weighted by atomic mass is 9.99. The van der Waals surface area contributed by atoms with E-state index in [0.717, 1.165) is 18.4 Å². The zero-order chi connectivity index (χ0) is 12.5. The minimum atomic E-state index is -0.0527. The van der Waals surface area contributed by atoms with E-state index in [1.54, 1.807) is 25.1 Å². The van der Waals surface area contributed by atoms with Gasteiger partial charge in [0.15, 0.2) is 0 Å². The van der Waals surface area contributed by atoms with Gasteiger partial charge in [0.05, 0.1) is 0 Å². The molecule has 0 unspecified atom stereocenters. The second kappa shape index (κ2) is 4.40. The first-order valence-corrected chi connectivity index (χ1v) is 6.12. The van der Waals surface area contributed by atoms with Crippen molar-refractivity contribution in [2.24, 2.45) is 0 Å². The Bertz CT molecular complexity index is 434. The van der Waals surface area contributed by atoms with E-state index >= 15 is 0 Å². The molecule has 1 aliphatic carbocycles. The van der Waals surface area contributed by atoms with Crippen LogP contribution in [0.25, 0.3) is 0 Å². The minimum absolute atomic E-state index is 0.0440. The molecule has 0 saturated heterocycles. The Morgan fingerprint density at radius 2 is 2.00 bits per heavy atom. The first kappa shape index (κ1) is 12.0. The van der Waals surface area contributed by atoms with Crippen molar-refractivity contribution in [3.63, 3.8) is 0 Å². The molecule has 0 bridgehead atoms. The largest absolute Gasteiger partial charge is 0.508 e. The monoisotopic (exact) mass is 233 g/mol. The fraction of sp³-hybridized carbons (Fsp3) is 0.500. The number of phenolic OH excluding ortho intramolecular Hbond substituents is 1. The molecule has 1 amide bonds. The van der Waals surface area contributed by atoms with Crippen molar-refractivity contribution >= 4 is 5.91 Å². The van der Waals surface area contributed by atoms with E-state index in [1.165, 1.54) is 12.8 Å². The number of amides is 1. The second-order valence-electron chi connectivity index (χ2n) is 5.22. The van der Waals surface area contributed by atoms with Crippen LogP contribution in [0.4, 0.5) is 0 Å². The van der Waals surface area contributed by atoms with Crippen molar-refractivity contribution in [3.05, 3.63) is 29.3 Å². The van der Waals surface area contributed by atoms with Gasteiger partial charge in [-0.3, -0.25) is 4.79 Å². The summed E-state index contributed by atoms with van der Waals surface area (Å²) >= 11 is 0. The highest BCUT2D eigenvalue weighted by Crippen LogP contribution is 2.29. The SMILES string of the molecule is Cc1cc(C(=O)NC2(C)CCCC2)ccc1O. The predicted octanol–water partition coefficient (Wildman–Crippen LogP) is 2.76. The Kier molecular flexibility index (Phi) is 3.09. The summed E-state index contributed by atoms with van der Waals surface area (Å²) in [5, 5.41) is 12.5. The fourth-order valence-electron chi connectivity index (χ4n) is 2.42. The smallest absolute Gasteiger partial charge is 0.251 e. The highest BCUT2D eigenvalue weighted by molar-refractivity contribution is 5.95. The van der Waals surface area contributed by atoms with Crippen molar-refractivity contribution in [2.75, 3.05) is 0 Å². The van der Waals surface area contributed by atoms with Crippen LogP contribution in [0.15, 0.2) is 18.2 Å². The second-order valence-corrected chi connectivity index (χ2v) is 5.22. The van der Waals surface area contributed by atoms with Crippen LogP contribution < -0.4 is 5.32 Å². The Labute approximate surface area is 102 Å². The molecule has 3 heteroatoms. The van der Waals surface area contributed by atoms with Crippen molar-refractivity contribution < 1.29 is 9.90 Å². The summed E-state index contributed by atoms with van der Waals surface area (Å²) in [6.45, 7) is 3.90. The molecule has 0 atom stereocenters. The van der Waals surface area contributed by atoms with Gasteiger partial charge in [-0.1, -0.05) is 12.8 Å². The Morgan fingerprint density at radius 1 is 1.35 bits per heavy atom. The van der Waals surface area contributed by atoms with Crippen LogP contribution in [0.2, 0.25) is 0 Å². The molecule has 1 saturated carbocycles. The standard InChI is InChI=1S/C14H19NO2/c1-10-9-11(5-6-12(10)16)13(17)15-14(2)7-3-4-8-14/h5-6,9,16H,3-4,7-8H2,1-2H3,(H,15,17). The number of benzene rings is 1. The van der Waals surface area contributed by atoms with Gasteiger partial charge < -0.3 is 10.4 Å². The van der Waals surface area contributed by atoms with Crippen molar-refractivity contribution in [1.29, 1.82) is 0 Å². The molecule has 0 radical (unpaired) electrons. The van der Waals surface area contributed by atoms with Crippen LogP contribution in [0.1, 0.15) is 48.5 Å². The quantitative estimate of drug-likeness (QED) is 0.825. The summed E-state index contributed by atoms with van der Waals surface area (Å²) in [6.07, 6.45) is 4.47. The summed E-state index contributed by atoms with van der Waals surface area (Å²) < 4.78 is 0. The van der Waals surface area contributed by atoms with Crippen LogP contribution in [-0.4, -0.2) is 16.6 Å². The van der Waals surface area contributed by atoms with E-state index in [0.29, 0.717) is 5.56 Å². The summed E-state index contributed by atoms with van der Waals surface area (Å²) in [5.41, 5.74) is 1.30. The van der Waals surface area contributed by atoms with Crippen LogP contribution in [0.5, 0.6) is 5.75 Å². The van der Waals surface area contributed by atoms with E-state index in [9.17, 15) is 9.90 Å². The lowest BCUT2D eigenvalue weighted by Crippen LogP contribution is -2.43. The number of phenols is 1. The maximum Gasteiger partial charge on any atom is 0.251 e. The first-order valence-electron chi connectivity index (χ1n) is 6.12. The molecule has 1 fully saturated rings. The van der Waals surface area contributed by atoms with Crippen LogP contribution in [0, 0.1) is 6.92 Å². The van der Waals surface area contributed by atoms with Gasteiger partial charge in [0.25, 0.3) is 5.91 Å². The normalized spacial score (nSPS) is 18.0. The highest BCUT2D eigenvalue weighted by atomic mass is 16.3. The molecule has 0 aromatic heterocycles. The molecular weight excluding hydrogens is 214 g/mol. The van der Waals surface area contributed by atoms with Crippen molar-refractivity contribution in [3.8, 4) is 5.75 Å². The number of aryl methyl sites for hydroxylation is 1. The lowest BCUT2D eigenvalue weighted by Gasteiger charge is -2.25. The highest BCUT2D eigenvalue weighted by Gasteiger charge is 2.30. The molecule has 0 spiro atoms. The van der Waals surface area contributed by atoms with Crippen LogP contribution >= 0.6 is 0 Å². The fourth-order valence-corrected chi connectivity index (χ4v) is 2.42. The van der Waals surface area contributed by atoms with Gasteiger partial charge in [0.1, 0.15) is 5.75 Å². The van der Waals surface area contributed by atoms with E-state index in [2.05, 4.69) is 12.2 Å². The summed E-state index contributed by atoms with van der Waals surface area (Å²) in [7, 11) is 0. The average molecular weight is 233 g/mol. The van der Waals surface area contributed by atoms with Crippen molar-refractivity contribution in [1.82, 2.24) is 5.32 Å². The number of nitrogens with one attached hydrogen (secondary N) is 1. The zero-order valence-corrected chi connectivity index (χ0v) is 10.4. The molecule has 0 heterocycles. The van der Waals surface area contributed by atoms with Gasteiger partial charge in [-0.25, -0.2) is 0 Å². The van der Waals surface area contributed by atoms with E-state index in [4.69, 9.17) is 0 Å². The third-order valence-corrected chi connectivity index (χ3v) is 3.58. The maximum absolute atomic E-state index is 12.1. The number of carbonyl (C=O) groups excluding carboxylic acids is 1. The van der Waals surface area contributed by atoms with Crippen molar-refractivity contribution in [2.45, 2.75) is 45.1 Å². The lowest BCUT2D eigenvalue weighted by molar-refractivity contribution is 0.0908. The minimum Gasteiger partial charge on any atom is -0.508 e. The van der Waals surface area contributed by atoms with E-state index in [1.807, 2.05) is 0 Å². The van der Waals surface area contributed by atoms with Gasteiger partial charge in [-0.05, 0) is 50.5 Å². The molecule has 0 aliphatic heterocycles. The molecule has 2 N–H and O–H groups in total. The molecule has 1 aromatic rings. The topological polar surface area (TPSA) is 49.3 Å². The summed E-state index contributed by atoms with van der Waals surface area (Å²) in [5.74, 6) is 0.186. The molecule has 3 nitrogen and oxygen atoms in total. The number of rotatable bonds is 2. The summed E-state index contributed by atoms with van der Waals surface area (Å²) in [4.78, 5) is 12.1. The number of carbonyl (C=O) groups is 1. The van der Waals surface area contributed by atoms with Crippen LogP contribution in [0.3, 0.4) is 0 Å². The Balaban J connectivity index is 2.11. The van der Waals surface area contributed by atoms with Crippen LogP contribution in [-0.2, 0) is 0 Å². The predicted molar refractivity (Wildman–Crippen MR) is 67.2 cm³/mol. The molecule has 2 rings (SSSR count). The maximum atomic E-state index is 12.1. The molecular formula is C14H19NO2. The number of hydrogen-bond acceptors (Lipinski definition) is 2.